The maximum atomic E-state index is 11.9. The lowest BCUT2D eigenvalue weighted by Gasteiger charge is -2.30. The van der Waals surface area contributed by atoms with E-state index >= 15 is 0 Å². The molecule has 18 heavy (non-hydrogen) atoms. The Labute approximate surface area is 112 Å². The summed E-state index contributed by atoms with van der Waals surface area (Å²) in [5, 5.41) is 3.07. The Hall–Kier alpha value is -0.570. The summed E-state index contributed by atoms with van der Waals surface area (Å²) in [5.74, 6) is 1.06. The van der Waals surface area contributed by atoms with Crippen molar-refractivity contribution in [3.8, 4) is 0 Å². The van der Waals surface area contributed by atoms with Gasteiger partial charge in [0.25, 0.3) is 0 Å². The monoisotopic (exact) mass is 254 g/mol. The first-order chi connectivity index (χ1) is 8.30. The fourth-order valence-corrected chi connectivity index (χ4v) is 2.39. The smallest absolute Gasteiger partial charge is 0.220 e. The summed E-state index contributed by atoms with van der Waals surface area (Å²) >= 11 is 0. The maximum Gasteiger partial charge on any atom is 0.220 e. The van der Waals surface area contributed by atoms with Gasteiger partial charge in [0.15, 0.2) is 0 Å². The molecule has 1 fully saturated rings. The van der Waals surface area contributed by atoms with Crippen molar-refractivity contribution < 1.29 is 4.79 Å². The minimum atomic E-state index is 0.176. The van der Waals surface area contributed by atoms with Crippen LogP contribution in [0.3, 0.4) is 0 Å². The van der Waals surface area contributed by atoms with Crippen LogP contribution in [0.4, 0.5) is 0 Å². The van der Waals surface area contributed by atoms with E-state index in [-0.39, 0.29) is 17.4 Å². The average molecular weight is 254 g/mol. The van der Waals surface area contributed by atoms with Gasteiger partial charge >= 0.3 is 0 Å². The van der Waals surface area contributed by atoms with Gasteiger partial charge in [-0.05, 0) is 30.1 Å². The van der Waals surface area contributed by atoms with Gasteiger partial charge < -0.3 is 11.1 Å². The molecule has 0 aromatic heterocycles. The number of hydrogen-bond donors (Lipinski definition) is 2. The van der Waals surface area contributed by atoms with Gasteiger partial charge in [0.1, 0.15) is 0 Å². The molecule has 3 unspecified atom stereocenters. The van der Waals surface area contributed by atoms with Crippen LogP contribution in [0.2, 0.25) is 0 Å². The number of carbonyl (C=O) groups excluding carboxylic acids is 1. The topological polar surface area (TPSA) is 55.1 Å². The molecule has 3 heteroatoms. The van der Waals surface area contributed by atoms with Crippen molar-refractivity contribution in [3.05, 3.63) is 0 Å². The molecule has 1 saturated carbocycles. The summed E-state index contributed by atoms with van der Waals surface area (Å²) in [5.41, 5.74) is 6.28. The lowest BCUT2D eigenvalue weighted by molar-refractivity contribution is -0.122. The molecule has 0 aromatic rings. The van der Waals surface area contributed by atoms with Gasteiger partial charge in [-0.3, -0.25) is 4.79 Å². The zero-order valence-corrected chi connectivity index (χ0v) is 12.5. The molecule has 1 rings (SSSR count). The molecule has 0 spiro atoms. The molecule has 1 aliphatic rings. The molecule has 0 radical (unpaired) electrons. The van der Waals surface area contributed by atoms with Crippen LogP contribution in [-0.4, -0.2) is 18.5 Å². The van der Waals surface area contributed by atoms with Gasteiger partial charge in [0, 0.05) is 19.0 Å². The van der Waals surface area contributed by atoms with Gasteiger partial charge in [-0.1, -0.05) is 40.5 Å². The summed E-state index contributed by atoms with van der Waals surface area (Å²) < 4.78 is 0. The largest absolute Gasteiger partial charge is 0.356 e. The summed E-state index contributed by atoms with van der Waals surface area (Å²) in [6.07, 6.45) is 5.39. The van der Waals surface area contributed by atoms with Crippen molar-refractivity contribution in [1.82, 2.24) is 5.32 Å². The molecule has 3 atom stereocenters. The van der Waals surface area contributed by atoms with Crippen LogP contribution in [0.15, 0.2) is 0 Å². The predicted molar refractivity (Wildman–Crippen MR) is 76.2 cm³/mol. The van der Waals surface area contributed by atoms with Crippen molar-refractivity contribution in [1.29, 1.82) is 0 Å². The number of nitrogens with one attached hydrogen (secondary N) is 1. The minimum absolute atomic E-state index is 0.176. The molecule has 3 N–H and O–H groups in total. The highest BCUT2D eigenvalue weighted by Gasteiger charge is 2.24. The second-order valence-electron chi connectivity index (χ2n) is 6.98. The third-order valence-electron chi connectivity index (χ3n) is 4.50. The Balaban J connectivity index is 2.28. The molecule has 0 saturated heterocycles. The highest BCUT2D eigenvalue weighted by molar-refractivity contribution is 5.76. The van der Waals surface area contributed by atoms with Gasteiger partial charge in [0.05, 0.1) is 0 Å². The third-order valence-corrected chi connectivity index (χ3v) is 4.50. The van der Waals surface area contributed by atoms with Crippen LogP contribution in [0.5, 0.6) is 0 Å². The van der Waals surface area contributed by atoms with Gasteiger partial charge in [-0.25, -0.2) is 0 Å². The molecule has 0 heterocycles. The van der Waals surface area contributed by atoms with Crippen molar-refractivity contribution >= 4 is 5.91 Å². The molecule has 0 bridgehead atoms. The SMILES string of the molecule is CC(CC(=O)NCC1CCCCC1N)C(C)(C)C. The maximum absolute atomic E-state index is 11.9. The van der Waals surface area contributed by atoms with E-state index in [1.54, 1.807) is 0 Å². The van der Waals surface area contributed by atoms with E-state index in [0.717, 1.165) is 19.4 Å². The van der Waals surface area contributed by atoms with Crippen molar-refractivity contribution in [2.45, 2.75) is 65.8 Å². The Morgan fingerprint density at radius 3 is 2.50 bits per heavy atom. The molecule has 0 aromatic carbocycles. The van der Waals surface area contributed by atoms with Crippen LogP contribution >= 0.6 is 0 Å². The Morgan fingerprint density at radius 2 is 1.94 bits per heavy atom. The lowest BCUT2D eigenvalue weighted by atomic mass is 9.80. The van der Waals surface area contributed by atoms with Crippen LogP contribution in [0.1, 0.15) is 59.8 Å². The van der Waals surface area contributed by atoms with E-state index in [9.17, 15) is 4.79 Å². The Morgan fingerprint density at radius 1 is 1.33 bits per heavy atom. The van der Waals surface area contributed by atoms with E-state index in [0.29, 0.717) is 18.3 Å². The lowest BCUT2D eigenvalue weighted by Crippen LogP contribution is -2.41. The highest BCUT2D eigenvalue weighted by atomic mass is 16.1. The fourth-order valence-electron chi connectivity index (χ4n) is 2.39. The highest BCUT2D eigenvalue weighted by Crippen LogP contribution is 2.28. The quantitative estimate of drug-likeness (QED) is 0.810. The normalized spacial score (nSPS) is 26.7. The second-order valence-corrected chi connectivity index (χ2v) is 6.98. The number of amides is 1. The average Bonchev–Trinajstić information content (AvgIpc) is 2.26. The first-order valence-electron chi connectivity index (χ1n) is 7.33. The van der Waals surface area contributed by atoms with E-state index in [1.807, 2.05) is 0 Å². The van der Waals surface area contributed by atoms with Crippen LogP contribution < -0.4 is 11.1 Å². The van der Waals surface area contributed by atoms with Crippen LogP contribution in [0.25, 0.3) is 0 Å². The summed E-state index contributed by atoms with van der Waals surface area (Å²) in [6.45, 7) is 9.45. The first kappa shape index (κ1) is 15.5. The van der Waals surface area contributed by atoms with Crippen molar-refractivity contribution in [2.24, 2.45) is 23.0 Å². The first-order valence-corrected chi connectivity index (χ1v) is 7.33. The minimum Gasteiger partial charge on any atom is -0.356 e. The van der Waals surface area contributed by atoms with Crippen LogP contribution in [0, 0.1) is 17.3 Å². The number of carbonyl (C=O) groups is 1. The van der Waals surface area contributed by atoms with Gasteiger partial charge in [-0.15, -0.1) is 0 Å². The molecule has 1 aliphatic carbocycles. The molecule has 1 amide bonds. The van der Waals surface area contributed by atoms with E-state index in [2.05, 4.69) is 33.0 Å². The molecular weight excluding hydrogens is 224 g/mol. The number of nitrogens with two attached hydrogens (primary N) is 1. The summed E-state index contributed by atoms with van der Waals surface area (Å²) in [6, 6.07) is 0.277. The van der Waals surface area contributed by atoms with Crippen molar-refractivity contribution in [2.75, 3.05) is 6.54 Å². The van der Waals surface area contributed by atoms with E-state index in [4.69, 9.17) is 5.73 Å². The summed E-state index contributed by atoms with van der Waals surface area (Å²) in [4.78, 5) is 11.9. The van der Waals surface area contributed by atoms with Gasteiger partial charge in [-0.2, -0.15) is 0 Å². The standard InChI is InChI=1S/C15H30N2O/c1-11(15(2,3)4)9-14(18)17-10-12-7-5-6-8-13(12)16/h11-13H,5-10,16H2,1-4H3,(H,17,18). The van der Waals surface area contributed by atoms with Crippen molar-refractivity contribution in [3.63, 3.8) is 0 Å². The molecule has 106 valence electrons. The predicted octanol–water partition coefficient (Wildman–Crippen LogP) is 2.69. The molecular formula is C15H30N2O. The Kier molecular flexibility index (Phi) is 5.64. The zero-order chi connectivity index (χ0) is 13.8. The van der Waals surface area contributed by atoms with E-state index in [1.165, 1.54) is 12.8 Å². The Bertz CT molecular complexity index is 270. The molecule has 0 aliphatic heterocycles. The third kappa shape index (κ3) is 4.97. The number of hydrogen-bond acceptors (Lipinski definition) is 2. The molecule has 3 nitrogen and oxygen atoms in total. The van der Waals surface area contributed by atoms with E-state index < -0.39 is 0 Å². The summed E-state index contributed by atoms with van der Waals surface area (Å²) in [7, 11) is 0. The van der Waals surface area contributed by atoms with Gasteiger partial charge in [0.2, 0.25) is 5.91 Å². The second kappa shape index (κ2) is 6.55. The number of rotatable bonds is 4. The fraction of sp³-hybridized carbons (Fsp3) is 0.933. The van der Waals surface area contributed by atoms with Crippen LogP contribution in [-0.2, 0) is 4.79 Å². The zero-order valence-electron chi connectivity index (χ0n) is 12.5.